The quantitative estimate of drug-likeness (QED) is 0.0176. The van der Waals surface area contributed by atoms with Gasteiger partial charge in [0.25, 0.3) is 6.47 Å². The average Bonchev–Trinajstić information content (AvgIpc) is 3.36. The number of hydrogen-bond donors (Lipinski definition) is 7. The van der Waals surface area contributed by atoms with Gasteiger partial charge in [0.05, 0.1) is 33.9 Å². The number of aliphatic carboxylic acids is 3. The SMILES string of the molecule is C.CC=O.CCCCCCCCCCCCOC(=O)CCCCC[NH+](C)C.CCCO.CCCOC(=O)CCCCCN(C)C.CN(C)CCCCCC(=O)O.CN(C)CCCCCC(=O)O.Cl.NCCCCCC(=O)O.O=CO.[Cl-]. The number of esters is 2. The normalized spacial score (nSPS) is 9.56. The van der Waals surface area contributed by atoms with E-state index in [9.17, 15) is 24.0 Å². The first-order valence-electron chi connectivity index (χ1n) is 29.6. The van der Waals surface area contributed by atoms with Gasteiger partial charge in [0.15, 0.2) is 0 Å². The molecule has 0 bridgehead atoms. The van der Waals surface area contributed by atoms with Crippen molar-refractivity contribution >= 4 is 55.0 Å². The summed E-state index contributed by atoms with van der Waals surface area (Å²) in [5.41, 5.74) is 5.20. The fourth-order valence-electron chi connectivity index (χ4n) is 6.29. The monoisotopic (exact) mass is 1220 g/mol. The number of carboxylic acid groups (broad SMARTS) is 4. The van der Waals surface area contributed by atoms with Crippen molar-refractivity contribution in [2.75, 3.05) is 109 Å². The highest BCUT2D eigenvalue weighted by molar-refractivity contribution is 5.85. The maximum absolute atomic E-state index is 11.6. The van der Waals surface area contributed by atoms with E-state index in [1.165, 1.54) is 82.6 Å². The van der Waals surface area contributed by atoms with E-state index in [1.807, 2.05) is 42.0 Å². The van der Waals surface area contributed by atoms with Crippen LogP contribution >= 0.6 is 12.4 Å². The second kappa shape index (κ2) is 96.0. The van der Waals surface area contributed by atoms with Gasteiger partial charge in [-0.15, -0.1) is 12.4 Å². The number of aliphatic hydroxyl groups excluding tert-OH is 1. The molecule has 81 heavy (non-hydrogen) atoms. The Labute approximate surface area is 508 Å². The van der Waals surface area contributed by atoms with E-state index in [1.54, 1.807) is 0 Å². The van der Waals surface area contributed by atoms with Crippen molar-refractivity contribution in [3.63, 3.8) is 0 Å². The van der Waals surface area contributed by atoms with E-state index in [-0.39, 0.29) is 57.1 Å². The maximum atomic E-state index is 11.6. The summed E-state index contributed by atoms with van der Waals surface area (Å²) in [5.74, 6) is -2.13. The summed E-state index contributed by atoms with van der Waals surface area (Å²) in [6.45, 7) is 14.0. The Morgan fingerprint density at radius 3 is 1.01 bits per heavy atom. The van der Waals surface area contributed by atoms with E-state index in [0.29, 0.717) is 52.0 Å². The van der Waals surface area contributed by atoms with Crippen molar-refractivity contribution in [2.24, 2.45) is 5.73 Å². The fourth-order valence-corrected chi connectivity index (χ4v) is 6.29. The molecule has 0 heterocycles. The minimum Gasteiger partial charge on any atom is -1.00 e. The molecule has 0 fully saturated rings. The molecule has 0 saturated carbocycles. The van der Waals surface area contributed by atoms with Crippen molar-refractivity contribution in [3.05, 3.63) is 0 Å². The van der Waals surface area contributed by atoms with Crippen LogP contribution in [0, 0.1) is 0 Å². The number of carboxylic acids is 3. The third-order valence-electron chi connectivity index (χ3n) is 10.6. The Kier molecular flexibility index (Phi) is 122. The Morgan fingerprint density at radius 1 is 0.469 bits per heavy atom. The molecule has 0 aromatic rings. The summed E-state index contributed by atoms with van der Waals surface area (Å²) >= 11 is 0. The van der Waals surface area contributed by atoms with Crippen molar-refractivity contribution in [1.82, 2.24) is 14.7 Å². The first kappa shape index (κ1) is 103. The van der Waals surface area contributed by atoms with Crippen molar-refractivity contribution in [2.45, 2.75) is 241 Å². The first-order valence-corrected chi connectivity index (χ1v) is 29.6. The number of nitrogens with two attached hydrogens (primary N) is 1. The van der Waals surface area contributed by atoms with E-state index >= 15 is 0 Å². The lowest BCUT2D eigenvalue weighted by Crippen LogP contribution is -3.05. The largest absolute Gasteiger partial charge is 1.00 e. The van der Waals surface area contributed by atoms with Crippen LogP contribution in [0.3, 0.4) is 0 Å². The molecule has 0 saturated heterocycles. The van der Waals surface area contributed by atoms with Crippen molar-refractivity contribution in [1.29, 1.82) is 0 Å². The third-order valence-corrected chi connectivity index (χ3v) is 10.6. The predicted molar refractivity (Wildman–Crippen MR) is 333 cm³/mol. The molecule has 0 spiro atoms. The number of nitrogens with zero attached hydrogens (tertiary/aromatic N) is 3. The number of hydrogen-bond acceptors (Lipinski definition) is 14. The zero-order valence-electron chi connectivity index (χ0n) is 53.1. The zero-order chi connectivity index (χ0) is 61.3. The van der Waals surface area contributed by atoms with E-state index < -0.39 is 17.9 Å². The molecule has 19 nitrogen and oxygen atoms in total. The van der Waals surface area contributed by atoms with Gasteiger partial charge >= 0.3 is 29.8 Å². The number of quaternary nitrogens is 1. The van der Waals surface area contributed by atoms with Gasteiger partial charge in [-0.2, -0.15) is 0 Å². The summed E-state index contributed by atoms with van der Waals surface area (Å²) in [4.78, 5) is 77.8. The summed E-state index contributed by atoms with van der Waals surface area (Å²) in [6.07, 6.45) is 32.8. The molecule has 0 aliphatic rings. The maximum Gasteiger partial charge on any atom is 0.305 e. The fraction of sp³-hybridized carbons (Fsp3) is 0.883. The number of unbranched alkanes of at least 4 members (excludes halogenated alkanes) is 19. The molecule has 0 amide bonds. The van der Waals surface area contributed by atoms with Crippen molar-refractivity contribution in [3.8, 4) is 0 Å². The number of nitrogens with one attached hydrogen (secondary N) is 1. The Bertz CT molecular complexity index is 1190. The summed E-state index contributed by atoms with van der Waals surface area (Å²) in [5, 5.41) is 39.6. The number of carbonyl (C=O) groups excluding carboxylic acids is 3. The predicted octanol–water partition coefficient (Wildman–Crippen LogP) is 7.55. The summed E-state index contributed by atoms with van der Waals surface area (Å²) in [6, 6.07) is 0. The molecule has 0 aromatic heterocycles. The third kappa shape index (κ3) is 154. The van der Waals surface area contributed by atoms with Crippen LogP contribution in [-0.4, -0.2) is 192 Å². The number of carbonyl (C=O) groups is 7. The Morgan fingerprint density at radius 2 is 0.741 bits per heavy atom. The molecule has 21 heteroatoms. The number of ether oxygens (including phenoxy) is 2. The molecule has 0 aliphatic carbocycles. The van der Waals surface area contributed by atoms with Gasteiger partial charge in [0.1, 0.15) is 6.29 Å². The van der Waals surface area contributed by atoms with Crippen LogP contribution in [-0.2, 0) is 43.0 Å². The van der Waals surface area contributed by atoms with E-state index in [0.717, 1.165) is 135 Å². The minimum absolute atomic E-state index is 0. The molecule has 0 aromatic carbocycles. The second-order valence-corrected chi connectivity index (χ2v) is 20.1. The minimum atomic E-state index is -0.716. The number of aldehydes is 1. The van der Waals surface area contributed by atoms with Gasteiger partial charge < -0.3 is 77.5 Å². The summed E-state index contributed by atoms with van der Waals surface area (Å²) < 4.78 is 10.3. The standard InChI is InChI=1S/C20H41NO2.C11H23NO2.2C8H17NO2.C6H13NO2.C3H8O.C2H4O.CH2O2.CH4.2ClH/c1-4-5-6-7-8-9-10-11-12-16-19-23-20(22)17-14-13-15-18-21(2)3;1-4-10-14-11(13)8-6-5-7-9-12(2)3;2*1-9(2)7-5-3-4-6-8(10)11;7-5-3-1-2-4-6(8)9;1-2-3-4;1-2-3;2-1-3;;;/h4-19H2,1-3H3;4-10H2,1-3H3;2*3-7H2,1-2H3,(H,10,11);1-5,7H2,(H,8,9);4H,2-3H2,1H3;2H,1H3;1H,(H,2,3);1H4;2*1H. The lowest BCUT2D eigenvalue weighted by atomic mass is 10.1. The molecule has 0 radical (unpaired) electrons. The van der Waals surface area contributed by atoms with Gasteiger partial charge in [-0.25, -0.2) is 0 Å². The second-order valence-electron chi connectivity index (χ2n) is 20.1. The molecular formula is C60H131Cl2N5O14. The average molecular weight is 1220 g/mol. The van der Waals surface area contributed by atoms with Crippen LogP contribution in [0.15, 0.2) is 0 Å². The molecule has 8 N–H and O–H groups in total. The van der Waals surface area contributed by atoms with Gasteiger partial charge in [-0.3, -0.25) is 28.8 Å². The van der Waals surface area contributed by atoms with Gasteiger partial charge in [-0.05, 0) is 165 Å². The topological polar surface area (TPSA) is 279 Å². The Balaban J connectivity index is -0.0000000825. The van der Waals surface area contributed by atoms with E-state index in [4.69, 9.17) is 50.3 Å². The van der Waals surface area contributed by atoms with Crippen LogP contribution < -0.4 is 23.0 Å². The molecule has 0 rings (SSSR count). The van der Waals surface area contributed by atoms with Crippen LogP contribution in [0.2, 0.25) is 0 Å². The van der Waals surface area contributed by atoms with Crippen LogP contribution in [0.5, 0.6) is 0 Å². The van der Waals surface area contributed by atoms with Crippen LogP contribution in [0.25, 0.3) is 0 Å². The van der Waals surface area contributed by atoms with E-state index in [2.05, 4.69) is 49.8 Å². The highest BCUT2D eigenvalue weighted by atomic mass is 35.5. The highest BCUT2D eigenvalue weighted by Gasteiger charge is 2.04. The lowest BCUT2D eigenvalue weighted by molar-refractivity contribution is -0.858. The molecule has 494 valence electrons. The van der Waals surface area contributed by atoms with Gasteiger partial charge in [0, 0.05) is 38.7 Å². The van der Waals surface area contributed by atoms with Crippen molar-refractivity contribution < 1.29 is 85.9 Å². The molecular weight excluding hydrogens is 1090 g/mol. The van der Waals surface area contributed by atoms with Crippen LogP contribution in [0.4, 0.5) is 0 Å². The van der Waals surface area contributed by atoms with Gasteiger partial charge in [0.2, 0.25) is 0 Å². The molecule has 0 atom stereocenters. The number of rotatable bonds is 43. The smallest absolute Gasteiger partial charge is 0.305 e. The summed E-state index contributed by atoms with van der Waals surface area (Å²) in [7, 11) is 16.6. The number of aliphatic hydroxyl groups is 1. The molecule has 0 unspecified atom stereocenters. The Hall–Kier alpha value is -3.17. The van der Waals surface area contributed by atoms with Gasteiger partial charge in [-0.1, -0.05) is 112 Å². The first-order chi connectivity index (χ1) is 37.1. The zero-order valence-corrected chi connectivity index (χ0v) is 54.6. The molecule has 0 aliphatic heterocycles. The number of halogens is 2. The lowest BCUT2D eigenvalue weighted by Gasteiger charge is -2.08. The van der Waals surface area contributed by atoms with Crippen LogP contribution in [0.1, 0.15) is 241 Å². The highest BCUT2D eigenvalue weighted by Crippen LogP contribution is 2.11.